The van der Waals surface area contributed by atoms with Crippen molar-refractivity contribution in [2.75, 3.05) is 17.7 Å². The molecule has 0 aliphatic heterocycles. The molecule has 5 atom stereocenters. The standard InChI is InChI=1S/C14H22N6O13P4/c15-14-18-12(17-9-4-5-9)11-13(19-14)20(7-16-11)10-3-1-2-8(10)6-30-35(24,25)32-37(28,29)33-36(26,27)31-34(21,22)23/h1-2,7-10H,3-6H2,(H,24,25)(H,26,27)(H,28,29)(H2,21,22,23)(H3,15,17,18,19)/t8-,10-/m0/s1. The molecule has 206 valence electrons. The lowest BCUT2D eigenvalue weighted by molar-refractivity contribution is 0.151. The van der Waals surface area contributed by atoms with Crippen molar-refractivity contribution in [1.29, 1.82) is 0 Å². The molecule has 23 heteroatoms. The van der Waals surface area contributed by atoms with Crippen molar-refractivity contribution < 1.29 is 60.2 Å². The van der Waals surface area contributed by atoms with E-state index in [1.807, 2.05) is 0 Å². The second kappa shape index (κ2) is 10.2. The molecule has 2 aliphatic carbocycles. The van der Waals surface area contributed by atoms with Crippen molar-refractivity contribution >= 4 is 54.2 Å². The Morgan fingerprint density at radius 2 is 1.65 bits per heavy atom. The Labute approximate surface area is 207 Å². The first-order valence-electron chi connectivity index (χ1n) is 10.3. The summed E-state index contributed by atoms with van der Waals surface area (Å²) in [5.74, 6) is -0.121. The highest BCUT2D eigenvalue weighted by Gasteiger charge is 2.45. The molecule has 3 unspecified atom stereocenters. The van der Waals surface area contributed by atoms with E-state index in [4.69, 9.17) is 24.9 Å². The van der Waals surface area contributed by atoms with Gasteiger partial charge in [-0.1, -0.05) is 12.2 Å². The van der Waals surface area contributed by atoms with Gasteiger partial charge in [0.15, 0.2) is 17.0 Å². The number of nitrogens with one attached hydrogen (secondary N) is 1. The number of nitrogens with zero attached hydrogens (tertiary/aromatic N) is 4. The Morgan fingerprint density at radius 3 is 2.30 bits per heavy atom. The van der Waals surface area contributed by atoms with Gasteiger partial charge in [0, 0.05) is 18.0 Å². The third-order valence-electron chi connectivity index (χ3n) is 5.02. The molecule has 1 saturated carbocycles. The van der Waals surface area contributed by atoms with E-state index in [2.05, 4.69) is 33.2 Å². The number of imidazole rings is 1. The van der Waals surface area contributed by atoms with E-state index < -0.39 is 49.9 Å². The molecule has 2 aromatic heterocycles. The highest BCUT2D eigenvalue weighted by molar-refractivity contribution is 7.69. The number of hydrogen-bond donors (Lipinski definition) is 7. The monoisotopic (exact) mass is 606 g/mol. The van der Waals surface area contributed by atoms with E-state index in [-0.39, 0.29) is 12.0 Å². The second-order valence-electron chi connectivity index (χ2n) is 8.01. The quantitative estimate of drug-likeness (QED) is 0.133. The fraction of sp³-hybridized carbons (Fsp3) is 0.500. The minimum Gasteiger partial charge on any atom is -0.368 e. The van der Waals surface area contributed by atoms with Gasteiger partial charge in [-0.25, -0.2) is 23.2 Å². The first-order chi connectivity index (χ1) is 17.0. The zero-order valence-electron chi connectivity index (χ0n) is 18.4. The minimum absolute atomic E-state index is 0.00650. The largest absolute Gasteiger partial charge is 0.490 e. The van der Waals surface area contributed by atoms with Crippen molar-refractivity contribution in [3.05, 3.63) is 18.5 Å². The van der Waals surface area contributed by atoms with Crippen molar-refractivity contribution in [3.63, 3.8) is 0 Å². The van der Waals surface area contributed by atoms with Crippen molar-refractivity contribution in [3.8, 4) is 0 Å². The zero-order valence-corrected chi connectivity index (χ0v) is 22.0. The summed E-state index contributed by atoms with van der Waals surface area (Å²) in [4.78, 5) is 58.3. The SMILES string of the molecule is Nc1nc(NC2CC2)c2ncn([C@H]3CC=C[C@H]3COP(=O)(O)OP(=O)(O)OP(=O)(O)OP(=O)(O)O)c2n1. The van der Waals surface area contributed by atoms with Crippen LogP contribution in [0.25, 0.3) is 11.2 Å². The Hall–Kier alpha value is -1.55. The average Bonchev–Trinajstić information content (AvgIpc) is 3.22. The van der Waals surface area contributed by atoms with E-state index in [0.29, 0.717) is 23.4 Å². The van der Waals surface area contributed by atoms with Crippen LogP contribution in [0.4, 0.5) is 11.8 Å². The molecule has 19 nitrogen and oxygen atoms in total. The Bertz CT molecular complexity index is 1410. The van der Waals surface area contributed by atoms with Gasteiger partial charge in [-0.3, -0.25) is 4.52 Å². The first-order valence-corrected chi connectivity index (χ1v) is 16.3. The molecular formula is C14H22N6O13P4. The molecule has 2 aromatic rings. The van der Waals surface area contributed by atoms with Crippen LogP contribution in [-0.2, 0) is 35.7 Å². The van der Waals surface area contributed by atoms with E-state index >= 15 is 0 Å². The maximum atomic E-state index is 12.2. The molecule has 37 heavy (non-hydrogen) atoms. The van der Waals surface area contributed by atoms with Crippen LogP contribution in [0.5, 0.6) is 0 Å². The lowest BCUT2D eigenvalue weighted by Crippen LogP contribution is -2.19. The van der Waals surface area contributed by atoms with E-state index in [9.17, 15) is 28.0 Å². The van der Waals surface area contributed by atoms with Crippen LogP contribution in [0, 0.1) is 5.92 Å². The fourth-order valence-corrected chi connectivity index (χ4v) is 7.99. The molecule has 2 aliphatic rings. The van der Waals surface area contributed by atoms with Gasteiger partial charge >= 0.3 is 31.3 Å². The number of allylic oxidation sites excluding steroid dienone is 1. The predicted molar refractivity (Wildman–Crippen MR) is 123 cm³/mol. The van der Waals surface area contributed by atoms with E-state index in [1.165, 1.54) is 6.33 Å². The van der Waals surface area contributed by atoms with Gasteiger partial charge in [-0.05, 0) is 19.3 Å². The van der Waals surface area contributed by atoms with Gasteiger partial charge in [0.05, 0.1) is 12.9 Å². The third-order valence-corrected chi connectivity index (χ3v) is 10.5. The molecule has 0 bridgehead atoms. The minimum atomic E-state index is -5.89. The van der Waals surface area contributed by atoms with Gasteiger partial charge < -0.3 is 40.1 Å². The fourth-order valence-electron chi connectivity index (χ4n) is 3.51. The van der Waals surface area contributed by atoms with Crippen LogP contribution in [0.3, 0.4) is 0 Å². The van der Waals surface area contributed by atoms with Crippen LogP contribution < -0.4 is 11.1 Å². The van der Waals surface area contributed by atoms with E-state index in [0.717, 1.165) is 12.8 Å². The summed E-state index contributed by atoms with van der Waals surface area (Å²) in [5.41, 5.74) is 6.72. The van der Waals surface area contributed by atoms with Gasteiger partial charge in [0.2, 0.25) is 5.95 Å². The van der Waals surface area contributed by atoms with E-state index in [1.54, 1.807) is 16.7 Å². The summed E-state index contributed by atoms with van der Waals surface area (Å²) >= 11 is 0. The lowest BCUT2D eigenvalue weighted by atomic mass is 10.1. The number of phosphoric ester groups is 1. The molecule has 0 radical (unpaired) electrons. The predicted octanol–water partition coefficient (Wildman–Crippen LogP) is 1.56. The number of aromatic nitrogens is 4. The maximum Gasteiger partial charge on any atom is 0.490 e. The van der Waals surface area contributed by atoms with Crippen LogP contribution in [-0.4, -0.2) is 56.6 Å². The summed E-state index contributed by atoms with van der Waals surface area (Å²) in [6.07, 6.45) is 7.30. The van der Waals surface area contributed by atoms with Gasteiger partial charge in [-0.15, -0.1) is 0 Å². The molecule has 0 aromatic carbocycles. The zero-order chi connectivity index (χ0) is 27.2. The molecule has 0 saturated heterocycles. The highest BCUT2D eigenvalue weighted by atomic mass is 31.3. The number of phosphoric acid groups is 4. The Kier molecular flexibility index (Phi) is 7.85. The van der Waals surface area contributed by atoms with Crippen molar-refractivity contribution in [1.82, 2.24) is 19.5 Å². The molecule has 0 spiro atoms. The smallest absolute Gasteiger partial charge is 0.368 e. The van der Waals surface area contributed by atoms with Crippen molar-refractivity contribution in [2.45, 2.75) is 31.3 Å². The summed E-state index contributed by atoms with van der Waals surface area (Å²) in [5, 5.41) is 3.22. The van der Waals surface area contributed by atoms with Crippen LogP contribution in [0.15, 0.2) is 18.5 Å². The molecule has 0 amide bonds. The summed E-state index contributed by atoms with van der Waals surface area (Å²) in [6.45, 7) is -0.544. The highest BCUT2D eigenvalue weighted by Crippen LogP contribution is 2.70. The number of anilines is 2. The molecular weight excluding hydrogens is 584 g/mol. The molecule has 4 rings (SSSR count). The van der Waals surface area contributed by atoms with Crippen LogP contribution >= 0.6 is 31.3 Å². The Balaban J connectivity index is 1.44. The topological polar surface area (TPSA) is 288 Å². The normalized spacial score (nSPS) is 25.0. The average molecular weight is 606 g/mol. The number of rotatable bonds is 12. The molecule has 2 heterocycles. The lowest BCUT2D eigenvalue weighted by Gasteiger charge is -2.23. The number of hydrogen-bond acceptors (Lipinski definition) is 13. The number of nitrogens with two attached hydrogens (primary N) is 1. The van der Waals surface area contributed by atoms with Crippen LogP contribution in [0.1, 0.15) is 25.3 Å². The van der Waals surface area contributed by atoms with Crippen LogP contribution in [0.2, 0.25) is 0 Å². The summed E-state index contributed by atoms with van der Waals surface area (Å²) < 4.78 is 63.5. The van der Waals surface area contributed by atoms with Gasteiger partial charge in [0.1, 0.15) is 0 Å². The van der Waals surface area contributed by atoms with Gasteiger partial charge in [-0.2, -0.15) is 22.9 Å². The number of nitrogen functional groups attached to an aromatic ring is 1. The maximum absolute atomic E-state index is 12.2. The summed E-state index contributed by atoms with van der Waals surface area (Å²) in [6, 6.07) is -0.162. The second-order valence-corrected chi connectivity index (χ2v) is 14.0. The number of fused-ring (bicyclic) bond motifs is 1. The van der Waals surface area contributed by atoms with Crippen molar-refractivity contribution in [2.24, 2.45) is 5.92 Å². The molecule has 1 fully saturated rings. The van der Waals surface area contributed by atoms with Gasteiger partial charge in [0.25, 0.3) is 0 Å². The first kappa shape index (κ1) is 28.5. The third kappa shape index (κ3) is 7.74. The summed E-state index contributed by atoms with van der Waals surface area (Å²) in [7, 11) is -22.8. The Morgan fingerprint density at radius 1 is 1.00 bits per heavy atom. The molecule has 8 N–H and O–H groups in total.